The van der Waals surface area contributed by atoms with Crippen molar-refractivity contribution in [2.75, 3.05) is 0 Å². The summed E-state index contributed by atoms with van der Waals surface area (Å²) in [5.41, 5.74) is 40.0. The predicted octanol–water partition coefficient (Wildman–Crippen LogP) is 32.4. The molecule has 0 amide bonds. The van der Waals surface area contributed by atoms with Crippen LogP contribution in [-0.4, -0.2) is 37.0 Å². The molecule has 26 aromatic rings. The van der Waals surface area contributed by atoms with Crippen LogP contribution in [-0.2, 0) is 12.8 Å². The minimum absolute atomic E-state index is 0.847. The first kappa shape index (κ1) is 74.7. The van der Waals surface area contributed by atoms with Crippen molar-refractivity contribution in [1.82, 2.24) is 37.0 Å². The molecule has 0 unspecified atom stereocenters. The monoisotopic (exact) mass is 1690 g/mol. The Morgan fingerprint density at radius 3 is 1.10 bits per heavy atom. The van der Waals surface area contributed by atoms with Gasteiger partial charge in [-0.05, 0) is 257 Å². The number of aromatic nitrogens is 8. The Morgan fingerprint density at radius 2 is 0.549 bits per heavy atom. The highest BCUT2D eigenvalue weighted by atomic mass is 15.1. The van der Waals surface area contributed by atoms with Crippen molar-refractivity contribution in [3.63, 3.8) is 0 Å². The highest BCUT2D eigenvalue weighted by Gasteiger charge is 2.28. The molecule has 28 rings (SSSR count). The summed E-state index contributed by atoms with van der Waals surface area (Å²) in [5.74, 6) is 0.847. The van der Waals surface area contributed by atoms with Crippen LogP contribution in [0.2, 0.25) is 0 Å². The number of benzene rings is 18. The summed E-state index contributed by atoms with van der Waals surface area (Å²) in [5, 5.41) is 14.6. The SMILES string of the molecule is C1=Cc2c(n(-c3ccc(-c4cccc5c4c4ccccc4n5-c4ccc(-n5c6ccccc6c6cc(-n7c8ccccc8c8ccccc87)c(-c7cccc(-c8cccc(-n9c%10c(c%11cc(-c%12ccc%13c(c%12)c%12ccccc%12n%13-c%12cccc(-c%13ccccc%13)c%12)ccc%119)C=CCC%10)c8)c7)cc65)cn4)cc3)c3ccc(-c4ccc5c(c4)c4ccccc4n5-c4ccccc4)cc23)CC1. The van der Waals surface area contributed by atoms with Gasteiger partial charge in [-0.25, -0.2) is 4.98 Å². The standard InChI is InChI=1S/C125H82N8/c1-3-27-79(28-4-1)82-30-24-35-91(70-82)129-111-48-17-11-41-99(111)106-74-86(59-66-119(106)129)87-60-67-120-107(75-87)100-42-12-18-49-112(100)130(120)92-36-25-31-83(71-92)81-29-23-32-88(69-81)103-76-123-108(77-122(103)132-114-51-20-7-37-95(114)96-38-8-21-52-115(96)132)101-43-13-19-50-113(101)131(123)93-63-68-124(126-78-93)133-116-53-22-14-44-102(116)125-94(45-26-54-121(125)133)80-55-61-90(62-56-80)128-110-47-16-10-40-98(110)105-73-85(58-65-118(105)128)84-57-64-117-104(72-84)97-39-9-15-46-109(97)127(117)89-33-5-2-6-34-89/h1-15,17,19-46,48,50-78H,16,18,47,49H2. The van der Waals surface area contributed by atoms with Crippen molar-refractivity contribution < 1.29 is 0 Å². The van der Waals surface area contributed by atoms with Gasteiger partial charge < -0.3 is 27.4 Å². The Hall–Kier alpha value is -17.3. The van der Waals surface area contributed by atoms with Gasteiger partial charge in [-0.15, -0.1) is 0 Å². The number of hydrogen-bond acceptors (Lipinski definition) is 1. The van der Waals surface area contributed by atoms with E-state index in [-0.39, 0.29) is 0 Å². The smallest absolute Gasteiger partial charge is 0.137 e. The molecule has 0 N–H and O–H groups in total. The molecule has 2 aliphatic carbocycles. The van der Waals surface area contributed by atoms with E-state index in [0.717, 1.165) is 132 Å². The Morgan fingerprint density at radius 1 is 0.188 bits per heavy atom. The first-order chi connectivity index (χ1) is 66.0. The summed E-state index contributed by atoms with van der Waals surface area (Å²) in [6.07, 6.45) is 15.4. The van der Waals surface area contributed by atoms with E-state index < -0.39 is 0 Å². The van der Waals surface area contributed by atoms with Gasteiger partial charge in [-0.2, -0.15) is 0 Å². The molecule has 0 spiro atoms. The maximum absolute atomic E-state index is 5.54. The van der Waals surface area contributed by atoms with Crippen LogP contribution >= 0.6 is 0 Å². The van der Waals surface area contributed by atoms with Gasteiger partial charge in [0.15, 0.2) is 0 Å². The molecule has 18 aromatic carbocycles. The van der Waals surface area contributed by atoms with Crippen molar-refractivity contribution >= 4 is 143 Å². The third kappa shape index (κ3) is 11.6. The summed E-state index contributed by atoms with van der Waals surface area (Å²) in [6, 6.07) is 156. The number of fused-ring (bicyclic) bond motifs is 21. The molecule has 0 fully saturated rings. The molecule has 0 saturated heterocycles. The summed E-state index contributed by atoms with van der Waals surface area (Å²) >= 11 is 0. The van der Waals surface area contributed by atoms with Crippen molar-refractivity contribution in [2.24, 2.45) is 0 Å². The minimum Gasteiger partial charge on any atom is -0.313 e. The lowest BCUT2D eigenvalue weighted by Crippen LogP contribution is -2.03. The van der Waals surface area contributed by atoms with Crippen molar-refractivity contribution in [3.05, 3.63) is 459 Å². The minimum atomic E-state index is 0.847. The van der Waals surface area contributed by atoms with Gasteiger partial charge in [-0.3, -0.25) is 4.57 Å². The highest BCUT2D eigenvalue weighted by Crippen LogP contribution is 2.48. The lowest BCUT2D eigenvalue weighted by molar-refractivity contribution is 0.888. The van der Waals surface area contributed by atoms with Crippen molar-refractivity contribution in [1.29, 1.82) is 0 Å². The Kier molecular flexibility index (Phi) is 16.6. The van der Waals surface area contributed by atoms with E-state index in [9.17, 15) is 0 Å². The van der Waals surface area contributed by atoms with Gasteiger partial charge in [0, 0.05) is 115 Å². The van der Waals surface area contributed by atoms with E-state index in [1.54, 1.807) is 0 Å². The quantitative estimate of drug-likeness (QED) is 0.113. The van der Waals surface area contributed by atoms with Crippen LogP contribution in [0.1, 0.15) is 35.4 Å². The zero-order valence-electron chi connectivity index (χ0n) is 72.6. The molecular formula is C125H82N8. The number of pyridine rings is 1. The molecular weight excluding hydrogens is 1610 g/mol. The summed E-state index contributed by atoms with van der Waals surface area (Å²) in [7, 11) is 0. The summed E-state index contributed by atoms with van der Waals surface area (Å²) < 4.78 is 17.2. The average molecular weight is 1700 g/mol. The molecule has 0 atom stereocenters. The lowest BCUT2D eigenvalue weighted by atomic mass is 9.96. The van der Waals surface area contributed by atoms with Gasteiger partial charge in [0.05, 0.1) is 83.8 Å². The molecule has 8 nitrogen and oxygen atoms in total. The van der Waals surface area contributed by atoms with E-state index >= 15 is 0 Å². The number of para-hydroxylation sites is 7. The third-order valence-electron chi connectivity index (χ3n) is 28.7. The second kappa shape index (κ2) is 29.6. The number of hydrogen-bond donors (Lipinski definition) is 0. The fraction of sp³-hybridized carbons (Fsp3) is 0.0320. The fourth-order valence-corrected chi connectivity index (χ4v) is 22.8. The van der Waals surface area contributed by atoms with Gasteiger partial charge in [-0.1, -0.05) is 273 Å². The van der Waals surface area contributed by atoms with Crippen LogP contribution in [0.4, 0.5) is 0 Å². The topological polar surface area (TPSA) is 47.4 Å². The molecule has 8 heterocycles. The van der Waals surface area contributed by atoms with E-state index in [1.807, 2.05) is 0 Å². The van der Waals surface area contributed by atoms with Crippen LogP contribution < -0.4 is 0 Å². The molecule has 8 heteroatoms. The highest BCUT2D eigenvalue weighted by molar-refractivity contribution is 6.18. The Balaban J connectivity index is 0.527. The van der Waals surface area contributed by atoms with Crippen LogP contribution in [0.3, 0.4) is 0 Å². The van der Waals surface area contributed by atoms with Crippen LogP contribution in [0, 0.1) is 0 Å². The molecule has 133 heavy (non-hydrogen) atoms. The van der Waals surface area contributed by atoms with Gasteiger partial charge in [0.1, 0.15) is 5.82 Å². The Bertz CT molecular complexity index is 9380. The average Bonchev–Trinajstić information content (AvgIpc) is 1.56. The number of nitrogens with zero attached hydrogens (tertiary/aromatic N) is 8. The second-order valence-corrected chi connectivity index (χ2v) is 35.9. The maximum atomic E-state index is 5.54. The maximum Gasteiger partial charge on any atom is 0.137 e. The van der Waals surface area contributed by atoms with Crippen LogP contribution in [0.25, 0.3) is 250 Å². The zero-order chi connectivity index (χ0) is 87.0. The molecule has 8 aromatic heterocycles. The van der Waals surface area contributed by atoms with Gasteiger partial charge in [0.25, 0.3) is 0 Å². The Labute approximate surface area is 766 Å². The molecule has 0 saturated carbocycles. The van der Waals surface area contributed by atoms with Crippen LogP contribution in [0.15, 0.2) is 437 Å². The number of rotatable bonds is 13. The molecule has 0 bridgehead atoms. The van der Waals surface area contributed by atoms with Crippen LogP contribution in [0.5, 0.6) is 0 Å². The summed E-state index contributed by atoms with van der Waals surface area (Å²) in [6.45, 7) is 0. The second-order valence-electron chi connectivity index (χ2n) is 35.9. The normalized spacial score (nSPS) is 12.8. The molecule has 0 aliphatic heterocycles. The summed E-state index contributed by atoms with van der Waals surface area (Å²) in [4.78, 5) is 5.54. The van der Waals surface area contributed by atoms with E-state index in [4.69, 9.17) is 4.98 Å². The van der Waals surface area contributed by atoms with Gasteiger partial charge >= 0.3 is 0 Å². The largest absolute Gasteiger partial charge is 0.313 e. The predicted molar refractivity (Wildman–Crippen MR) is 557 cm³/mol. The van der Waals surface area contributed by atoms with E-state index in [2.05, 4.69) is 481 Å². The van der Waals surface area contributed by atoms with E-state index in [0.29, 0.717) is 0 Å². The van der Waals surface area contributed by atoms with Gasteiger partial charge in [0.2, 0.25) is 0 Å². The third-order valence-corrected chi connectivity index (χ3v) is 28.7. The molecule has 0 radical (unpaired) electrons. The van der Waals surface area contributed by atoms with Crippen molar-refractivity contribution in [3.8, 4) is 107 Å². The molecule has 2 aliphatic rings. The first-order valence-electron chi connectivity index (χ1n) is 46.3. The first-order valence-corrected chi connectivity index (χ1v) is 46.3. The molecule has 622 valence electrons. The van der Waals surface area contributed by atoms with Crippen molar-refractivity contribution in [2.45, 2.75) is 25.7 Å². The number of allylic oxidation sites excluding steroid dienone is 2. The van der Waals surface area contributed by atoms with E-state index in [1.165, 1.54) is 154 Å². The zero-order valence-corrected chi connectivity index (χ0v) is 72.6. The fourth-order valence-electron chi connectivity index (χ4n) is 22.8. The lowest BCUT2D eigenvalue weighted by Gasteiger charge is -2.17.